The highest BCUT2D eigenvalue weighted by Crippen LogP contribution is 2.23. The van der Waals surface area contributed by atoms with Crippen molar-refractivity contribution >= 4 is 22.4 Å². The number of amides is 1. The quantitative estimate of drug-likeness (QED) is 0.726. The maximum atomic E-state index is 12.3. The van der Waals surface area contributed by atoms with E-state index in [1.807, 2.05) is 49.4 Å². The van der Waals surface area contributed by atoms with Crippen molar-refractivity contribution in [2.45, 2.75) is 20.0 Å². The number of hydrogen-bond acceptors (Lipinski definition) is 5. The van der Waals surface area contributed by atoms with Crippen LogP contribution >= 0.6 is 11.3 Å². The monoisotopic (exact) mass is 327 g/mol. The number of aryl methyl sites for hydroxylation is 1. The van der Waals surface area contributed by atoms with E-state index in [2.05, 4.69) is 15.6 Å². The zero-order chi connectivity index (χ0) is 16.1. The molecule has 0 fully saturated rings. The van der Waals surface area contributed by atoms with Crippen LogP contribution in [0, 0.1) is 6.92 Å². The smallest absolute Gasteiger partial charge is 0.263 e. The van der Waals surface area contributed by atoms with Crippen molar-refractivity contribution in [3.05, 3.63) is 70.6 Å². The van der Waals surface area contributed by atoms with Crippen molar-refractivity contribution in [1.29, 1.82) is 0 Å². The van der Waals surface area contributed by atoms with Gasteiger partial charge in [0.15, 0.2) is 5.13 Å². The topological polar surface area (TPSA) is 67.2 Å². The Morgan fingerprint density at radius 1 is 1.17 bits per heavy atom. The average molecular weight is 327 g/mol. The number of thiazole rings is 1. The van der Waals surface area contributed by atoms with E-state index in [4.69, 9.17) is 4.42 Å². The van der Waals surface area contributed by atoms with Crippen LogP contribution in [-0.2, 0) is 13.1 Å². The van der Waals surface area contributed by atoms with Gasteiger partial charge < -0.3 is 15.1 Å². The summed E-state index contributed by atoms with van der Waals surface area (Å²) in [6.07, 6.45) is 1.63. The number of aromatic nitrogens is 1. The highest BCUT2D eigenvalue weighted by Gasteiger charge is 2.15. The minimum Gasteiger partial charge on any atom is -0.467 e. The van der Waals surface area contributed by atoms with Gasteiger partial charge in [-0.2, -0.15) is 0 Å². The standard InChI is InChI=1S/C17H17N3O2S/c1-12-15(16(21)18-10-13-6-3-2-4-7-13)23-17(20-12)19-11-14-8-5-9-22-14/h2-9H,10-11H2,1H3,(H,18,21)(H,19,20). The normalized spacial score (nSPS) is 10.5. The lowest BCUT2D eigenvalue weighted by Gasteiger charge is -2.03. The molecule has 1 amide bonds. The Kier molecular flexibility index (Phi) is 4.73. The zero-order valence-corrected chi connectivity index (χ0v) is 13.5. The van der Waals surface area contributed by atoms with Crippen LogP contribution in [0.3, 0.4) is 0 Å². The summed E-state index contributed by atoms with van der Waals surface area (Å²) in [5.74, 6) is 0.725. The van der Waals surface area contributed by atoms with Crippen LogP contribution < -0.4 is 10.6 Å². The third-order valence-corrected chi connectivity index (χ3v) is 4.41. The predicted octanol–water partition coefficient (Wildman–Crippen LogP) is 3.59. The number of hydrogen-bond donors (Lipinski definition) is 2. The second-order valence-corrected chi connectivity index (χ2v) is 6.03. The first kappa shape index (κ1) is 15.3. The molecule has 2 heterocycles. The Hall–Kier alpha value is -2.60. The molecule has 3 aromatic rings. The van der Waals surface area contributed by atoms with Crippen molar-refractivity contribution in [2.75, 3.05) is 5.32 Å². The van der Waals surface area contributed by atoms with E-state index in [0.717, 1.165) is 17.0 Å². The Morgan fingerprint density at radius 2 is 2.00 bits per heavy atom. The first-order valence-electron chi connectivity index (χ1n) is 7.28. The molecule has 0 saturated heterocycles. The van der Waals surface area contributed by atoms with Gasteiger partial charge in [-0.25, -0.2) is 4.98 Å². The minimum atomic E-state index is -0.102. The first-order chi connectivity index (χ1) is 11.2. The number of nitrogens with zero attached hydrogens (tertiary/aromatic N) is 1. The molecule has 0 bridgehead atoms. The van der Waals surface area contributed by atoms with Crippen LogP contribution in [0.4, 0.5) is 5.13 Å². The highest BCUT2D eigenvalue weighted by atomic mass is 32.1. The SMILES string of the molecule is Cc1nc(NCc2ccco2)sc1C(=O)NCc1ccccc1. The summed E-state index contributed by atoms with van der Waals surface area (Å²) in [6, 6.07) is 13.6. The van der Waals surface area contributed by atoms with Crippen molar-refractivity contribution in [3.8, 4) is 0 Å². The molecule has 0 spiro atoms. The van der Waals surface area contributed by atoms with Gasteiger partial charge in [0.05, 0.1) is 18.5 Å². The number of nitrogens with one attached hydrogen (secondary N) is 2. The Labute approximate surface area is 138 Å². The van der Waals surface area contributed by atoms with E-state index in [1.54, 1.807) is 6.26 Å². The lowest BCUT2D eigenvalue weighted by atomic mass is 10.2. The predicted molar refractivity (Wildman–Crippen MR) is 90.5 cm³/mol. The molecule has 0 aliphatic carbocycles. The molecule has 2 N–H and O–H groups in total. The molecule has 0 atom stereocenters. The van der Waals surface area contributed by atoms with Gasteiger partial charge in [-0.1, -0.05) is 41.7 Å². The summed E-state index contributed by atoms with van der Waals surface area (Å²) in [5.41, 5.74) is 1.79. The Balaban J connectivity index is 1.59. The van der Waals surface area contributed by atoms with Crippen molar-refractivity contribution in [1.82, 2.24) is 10.3 Å². The maximum Gasteiger partial charge on any atom is 0.263 e. The number of carbonyl (C=O) groups is 1. The fraction of sp³-hybridized carbons (Fsp3) is 0.176. The van der Waals surface area contributed by atoms with Gasteiger partial charge in [-0.3, -0.25) is 4.79 Å². The largest absolute Gasteiger partial charge is 0.467 e. The summed E-state index contributed by atoms with van der Waals surface area (Å²) in [5, 5.41) is 6.81. The lowest BCUT2D eigenvalue weighted by molar-refractivity contribution is 0.0954. The molecular formula is C17H17N3O2S. The van der Waals surface area contributed by atoms with Crippen LogP contribution in [0.25, 0.3) is 0 Å². The van der Waals surface area contributed by atoms with Gasteiger partial charge in [0, 0.05) is 6.54 Å². The number of furan rings is 1. The fourth-order valence-electron chi connectivity index (χ4n) is 2.12. The molecule has 0 unspecified atom stereocenters. The molecule has 23 heavy (non-hydrogen) atoms. The molecule has 2 aromatic heterocycles. The molecule has 0 aliphatic heterocycles. The summed E-state index contributed by atoms with van der Waals surface area (Å²) in [6.45, 7) is 2.89. The van der Waals surface area contributed by atoms with Crippen LogP contribution in [0.2, 0.25) is 0 Å². The Bertz CT molecular complexity index is 767. The molecule has 6 heteroatoms. The molecule has 3 rings (SSSR count). The number of benzene rings is 1. The van der Waals surface area contributed by atoms with Crippen molar-refractivity contribution < 1.29 is 9.21 Å². The van der Waals surface area contributed by atoms with E-state index in [0.29, 0.717) is 23.1 Å². The van der Waals surface area contributed by atoms with Crippen LogP contribution in [0.1, 0.15) is 26.7 Å². The molecular weight excluding hydrogens is 310 g/mol. The van der Waals surface area contributed by atoms with E-state index in [-0.39, 0.29) is 5.91 Å². The third-order valence-electron chi connectivity index (χ3n) is 3.29. The lowest BCUT2D eigenvalue weighted by Crippen LogP contribution is -2.22. The maximum absolute atomic E-state index is 12.3. The number of carbonyl (C=O) groups excluding carboxylic acids is 1. The molecule has 1 aromatic carbocycles. The summed E-state index contributed by atoms with van der Waals surface area (Å²) < 4.78 is 5.26. The van der Waals surface area contributed by atoms with Crippen molar-refractivity contribution in [2.24, 2.45) is 0 Å². The van der Waals surface area contributed by atoms with Gasteiger partial charge in [0.1, 0.15) is 10.6 Å². The second-order valence-electron chi connectivity index (χ2n) is 5.03. The fourth-order valence-corrected chi connectivity index (χ4v) is 3.00. The summed E-state index contributed by atoms with van der Waals surface area (Å²) >= 11 is 1.35. The van der Waals surface area contributed by atoms with E-state index in [9.17, 15) is 4.79 Å². The molecule has 118 valence electrons. The summed E-state index contributed by atoms with van der Waals surface area (Å²) in [4.78, 5) is 17.3. The van der Waals surface area contributed by atoms with E-state index >= 15 is 0 Å². The summed E-state index contributed by atoms with van der Waals surface area (Å²) in [7, 11) is 0. The van der Waals surface area contributed by atoms with Gasteiger partial charge in [-0.15, -0.1) is 0 Å². The minimum absolute atomic E-state index is 0.102. The molecule has 5 nitrogen and oxygen atoms in total. The van der Waals surface area contributed by atoms with Crippen molar-refractivity contribution in [3.63, 3.8) is 0 Å². The van der Waals surface area contributed by atoms with Crippen LogP contribution in [0.5, 0.6) is 0 Å². The first-order valence-corrected chi connectivity index (χ1v) is 8.10. The second kappa shape index (κ2) is 7.11. The number of rotatable bonds is 6. The van der Waals surface area contributed by atoms with Gasteiger partial charge in [-0.05, 0) is 24.6 Å². The molecule has 0 radical (unpaired) electrons. The highest BCUT2D eigenvalue weighted by molar-refractivity contribution is 7.17. The molecule has 0 saturated carbocycles. The van der Waals surface area contributed by atoms with Gasteiger partial charge in [0.25, 0.3) is 5.91 Å². The van der Waals surface area contributed by atoms with Gasteiger partial charge in [0.2, 0.25) is 0 Å². The van der Waals surface area contributed by atoms with Crippen LogP contribution in [-0.4, -0.2) is 10.9 Å². The average Bonchev–Trinajstić information content (AvgIpc) is 3.21. The van der Waals surface area contributed by atoms with Crippen LogP contribution in [0.15, 0.2) is 53.1 Å². The zero-order valence-electron chi connectivity index (χ0n) is 12.7. The Morgan fingerprint density at radius 3 is 2.74 bits per heavy atom. The third kappa shape index (κ3) is 3.98. The van der Waals surface area contributed by atoms with E-state index in [1.165, 1.54) is 11.3 Å². The van der Waals surface area contributed by atoms with Gasteiger partial charge >= 0.3 is 0 Å². The van der Waals surface area contributed by atoms with E-state index < -0.39 is 0 Å². The number of anilines is 1. The molecule has 0 aliphatic rings.